The maximum atomic E-state index is 14.7. The number of hydrogen-bond acceptors (Lipinski definition) is 2. The fourth-order valence-electron chi connectivity index (χ4n) is 9.07. The Morgan fingerprint density at radius 1 is 0.621 bits per heavy atom. The molecule has 7 aromatic carbocycles. The van der Waals surface area contributed by atoms with Gasteiger partial charge in [0.2, 0.25) is 5.69 Å². The number of ether oxygens (including phenoxy) is 1. The molecule has 66 heavy (non-hydrogen) atoms. The van der Waals surface area contributed by atoms with E-state index in [4.69, 9.17) is 9.72 Å². The van der Waals surface area contributed by atoms with Crippen molar-refractivity contribution in [1.82, 2.24) is 18.7 Å². The minimum atomic E-state index is -0.642. The van der Waals surface area contributed by atoms with Crippen LogP contribution >= 0.6 is 0 Å². The molecule has 2 aromatic heterocycles. The summed E-state index contributed by atoms with van der Waals surface area (Å²) in [6, 6.07) is 57.6. The van der Waals surface area contributed by atoms with E-state index in [1.54, 1.807) is 0 Å². The number of para-hydroxylation sites is 4. The topological polar surface area (TPSA) is 33.1 Å². The molecular formula is C58H48F2N4OPt+2. The van der Waals surface area contributed by atoms with Gasteiger partial charge in [0.15, 0.2) is 0 Å². The molecule has 3 heterocycles. The van der Waals surface area contributed by atoms with E-state index in [1.807, 2.05) is 69.9 Å². The van der Waals surface area contributed by atoms with Gasteiger partial charge in [-0.1, -0.05) is 131 Å². The Labute approximate surface area is 399 Å². The van der Waals surface area contributed by atoms with Crippen LogP contribution < -0.4 is 13.9 Å². The number of rotatable bonds is 9. The van der Waals surface area contributed by atoms with E-state index in [9.17, 15) is 8.78 Å². The van der Waals surface area contributed by atoms with Crippen LogP contribution in [-0.2, 0) is 26.5 Å². The number of halogens is 2. The van der Waals surface area contributed by atoms with Gasteiger partial charge < -0.3 is 9.30 Å². The molecular weight excluding hydrogens is 1000 g/mol. The minimum absolute atomic E-state index is 0. The van der Waals surface area contributed by atoms with Crippen LogP contribution in [0.4, 0.5) is 31.5 Å². The minimum Gasteiger partial charge on any atom is -0.509 e. The SMILES string of the molecule is CC(C)c1cccc(C(C)C)c1-c1cc(Oc2[c-]c3c(cc2)c2ccccc2n3-c2cc(C(C)(C)C)ccn2)[c-]c([N+]2=C=[N+](c3ccccc3-c3cc(F)cc(F)c3)c3ccccc32)c1.[Pt+2]. The third-order valence-corrected chi connectivity index (χ3v) is 12.2. The summed E-state index contributed by atoms with van der Waals surface area (Å²) in [5.41, 5.74) is 11.8. The van der Waals surface area contributed by atoms with Crippen molar-refractivity contribution in [1.29, 1.82) is 0 Å². The summed E-state index contributed by atoms with van der Waals surface area (Å²) in [5, 5.41) is 2.14. The van der Waals surface area contributed by atoms with Crippen molar-refractivity contribution in [3.8, 4) is 39.6 Å². The number of nitrogens with zero attached hydrogens (tertiary/aromatic N) is 4. The molecule has 5 nitrogen and oxygen atoms in total. The van der Waals surface area contributed by atoms with Gasteiger partial charge in [0.1, 0.15) is 23.1 Å². The van der Waals surface area contributed by atoms with Gasteiger partial charge in [-0.15, -0.1) is 29.1 Å². The summed E-state index contributed by atoms with van der Waals surface area (Å²) in [5.74, 6) is 1.05. The van der Waals surface area contributed by atoms with E-state index in [0.717, 1.165) is 56.2 Å². The first kappa shape index (κ1) is 44.4. The van der Waals surface area contributed by atoms with Crippen molar-refractivity contribution in [2.24, 2.45) is 0 Å². The zero-order valence-corrected chi connectivity index (χ0v) is 40.1. The summed E-state index contributed by atoms with van der Waals surface area (Å²) < 4.78 is 42.3. The fourth-order valence-corrected chi connectivity index (χ4v) is 9.07. The predicted molar refractivity (Wildman–Crippen MR) is 261 cm³/mol. The normalized spacial score (nSPS) is 12.4. The second-order valence-electron chi connectivity index (χ2n) is 18.4. The molecule has 0 saturated carbocycles. The van der Waals surface area contributed by atoms with Gasteiger partial charge >= 0.3 is 27.1 Å². The molecule has 0 atom stereocenters. The van der Waals surface area contributed by atoms with Crippen molar-refractivity contribution < 1.29 is 34.6 Å². The Hall–Kier alpha value is -6.78. The zero-order chi connectivity index (χ0) is 45.1. The Bertz CT molecular complexity index is 3380. The van der Waals surface area contributed by atoms with Crippen LogP contribution in [0, 0.1) is 23.8 Å². The first-order valence-electron chi connectivity index (χ1n) is 22.1. The Kier molecular flexibility index (Phi) is 11.8. The molecule has 0 N–H and O–H groups in total. The second-order valence-corrected chi connectivity index (χ2v) is 18.4. The first-order valence-corrected chi connectivity index (χ1v) is 22.1. The molecule has 10 rings (SSSR count). The van der Waals surface area contributed by atoms with Crippen LogP contribution in [-0.4, -0.2) is 15.6 Å². The van der Waals surface area contributed by atoms with Gasteiger partial charge in [0.25, 0.3) is 11.4 Å². The average Bonchev–Trinajstić information content (AvgIpc) is 3.84. The fraction of sp³-hybridized carbons (Fsp3) is 0.172. The molecule has 8 heteroatoms. The van der Waals surface area contributed by atoms with E-state index in [-0.39, 0.29) is 38.3 Å². The average molecular weight is 1050 g/mol. The number of pyridine rings is 1. The maximum Gasteiger partial charge on any atom is 2.00 e. The number of fused-ring (bicyclic) bond motifs is 4. The van der Waals surface area contributed by atoms with E-state index in [0.29, 0.717) is 34.0 Å². The van der Waals surface area contributed by atoms with Crippen LogP contribution in [0.25, 0.3) is 49.9 Å². The standard InChI is InChI=1S/C58H48F2N4O.Pt/c1-36(2)46-17-14-18-47(37(3)4)57(46)39-29-43(62-35-63(54-22-13-12-21-53(54)62)51-19-10-8-15-48(51)38-27-41(59)32-42(60)28-38)33-45(30-39)65-44-23-24-50-49-16-9-11-20-52(49)64(55(50)34-44)56-31-40(25-26-61-56)58(5,6)7;/h8-32,36-37H,1-7H3;/q;+2. The van der Waals surface area contributed by atoms with Gasteiger partial charge in [-0.3, -0.25) is 0 Å². The van der Waals surface area contributed by atoms with Crippen molar-refractivity contribution in [3.63, 3.8) is 0 Å². The number of aromatic nitrogens is 2. The molecule has 1 aliphatic heterocycles. The quantitative estimate of drug-likeness (QED) is 0.107. The molecule has 328 valence electrons. The Morgan fingerprint density at radius 2 is 1.27 bits per heavy atom. The van der Waals surface area contributed by atoms with Gasteiger partial charge in [-0.2, -0.15) is 6.07 Å². The van der Waals surface area contributed by atoms with Crippen molar-refractivity contribution >= 4 is 50.6 Å². The molecule has 0 amide bonds. The van der Waals surface area contributed by atoms with Crippen LogP contribution in [0.5, 0.6) is 11.5 Å². The predicted octanol–water partition coefficient (Wildman–Crippen LogP) is 15.6. The van der Waals surface area contributed by atoms with Gasteiger partial charge in [-0.05, 0) is 91.4 Å². The molecule has 0 saturated heterocycles. The summed E-state index contributed by atoms with van der Waals surface area (Å²) >= 11 is 0. The third kappa shape index (κ3) is 8.12. The zero-order valence-electron chi connectivity index (χ0n) is 37.9. The molecule has 0 unspecified atom stereocenters. The maximum absolute atomic E-state index is 14.7. The van der Waals surface area contributed by atoms with E-state index in [2.05, 4.69) is 144 Å². The molecule has 0 aliphatic carbocycles. The molecule has 1 aliphatic rings. The monoisotopic (exact) mass is 1050 g/mol. The van der Waals surface area contributed by atoms with Gasteiger partial charge in [0.05, 0.1) is 5.56 Å². The van der Waals surface area contributed by atoms with Crippen LogP contribution in [0.15, 0.2) is 152 Å². The van der Waals surface area contributed by atoms with Crippen molar-refractivity contribution in [2.45, 2.75) is 65.7 Å². The summed E-state index contributed by atoms with van der Waals surface area (Å²) in [7, 11) is 0. The molecule has 0 radical (unpaired) electrons. The second kappa shape index (κ2) is 17.5. The largest absolute Gasteiger partial charge is 2.00 e. The Balaban J connectivity index is 0.00000548. The van der Waals surface area contributed by atoms with E-state index < -0.39 is 11.6 Å². The third-order valence-electron chi connectivity index (χ3n) is 12.2. The smallest absolute Gasteiger partial charge is 0.509 e. The van der Waals surface area contributed by atoms with Gasteiger partial charge in [-0.25, -0.2) is 13.8 Å². The van der Waals surface area contributed by atoms with E-state index in [1.165, 1.54) is 28.8 Å². The van der Waals surface area contributed by atoms with Crippen molar-refractivity contribution in [2.75, 3.05) is 0 Å². The molecule has 0 spiro atoms. The molecule has 9 aromatic rings. The summed E-state index contributed by atoms with van der Waals surface area (Å²) in [6.45, 7) is 15.5. The van der Waals surface area contributed by atoms with Gasteiger partial charge in [0, 0.05) is 47.5 Å². The number of hydrogen-bond donors (Lipinski definition) is 0. The molecule has 0 fully saturated rings. The van der Waals surface area contributed by atoms with Crippen LogP contribution in [0.2, 0.25) is 0 Å². The summed E-state index contributed by atoms with van der Waals surface area (Å²) in [6.07, 6.45) is 1.88. The number of benzene rings is 7. The Morgan fingerprint density at radius 3 is 1.97 bits per heavy atom. The first-order chi connectivity index (χ1) is 31.3. The van der Waals surface area contributed by atoms with Crippen LogP contribution in [0.1, 0.15) is 77.0 Å². The summed E-state index contributed by atoms with van der Waals surface area (Å²) in [4.78, 5) is 4.88. The molecule has 0 bridgehead atoms. The van der Waals surface area contributed by atoms with Crippen LogP contribution in [0.3, 0.4) is 0 Å². The van der Waals surface area contributed by atoms with E-state index >= 15 is 0 Å². The van der Waals surface area contributed by atoms with Crippen molar-refractivity contribution in [3.05, 3.63) is 192 Å².